The van der Waals surface area contributed by atoms with Crippen LogP contribution in [0.25, 0.3) is 5.82 Å². The number of pyridine rings is 1. The van der Waals surface area contributed by atoms with Gasteiger partial charge in [-0.25, -0.2) is 9.67 Å². The third-order valence-electron chi connectivity index (χ3n) is 5.85. The Hall–Kier alpha value is -3.81. The van der Waals surface area contributed by atoms with Crippen molar-refractivity contribution >= 4 is 51.7 Å². The number of benzene rings is 1. The van der Waals surface area contributed by atoms with Crippen molar-refractivity contribution in [3.8, 4) is 5.82 Å². The van der Waals surface area contributed by atoms with E-state index in [0.29, 0.717) is 13.9 Å². The normalized spacial score (nSPS) is 12.3. The first kappa shape index (κ1) is 32.1. The molecular weight excluding hydrogens is 728 g/mol. The van der Waals surface area contributed by atoms with E-state index in [-0.39, 0.29) is 39.7 Å². The molecule has 1 aromatic carbocycles. The fraction of sp³-hybridized carbons (Fsp3) is 0.250. The maximum Gasteiger partial charge on any atom is 0.460 e. The number of carbonyl (C=O) groups excluding carboxylic acids is 2. The molecule has 43 heavy (non-hydrogen) atoms. The average molecular weight is 745 g/mol. The Morgan fingerprint density at radius 3 is 2.37 bits per heavy atom. The zero-order valence-electron chi connectivity index (χ0n) is 21.7. The average Bonchev–Trinajstić information content (AvgIpc) is 3.57. The number of nitrogens with one attached hydrogen (secondary N) is 2. The van der Waals surface area contributed by atoms with Crippen LogP contribution in [0.15, 0.2) is 42.7 Å². The zero-order valence-corrected chi connectivity index (χ0v) is 24.6. The number of nitrogens with zero attached hydrogens (tertiary/aromatic N) is 6. The summed E-state index contributed by atoms with van der Waals surface area (Å²) in [5.74, 6) is -13.5. The topological polar surface area (TPSA) is 120 Å². The van der Waals surface area contributed by atoms with E-state index in [0.717, 1.165) is 10.7 Å². The van der Waals surface area contributed by atoms with E-state index < -0.39 is 42.1 Å². The van der Waals surface area contributed by atoms with E-state index in [1.165, 1.54) is 25.4 Å². The summed E-state index contributed by atoms with van der Waals surface area (Å²) < 4.78 is 94.6. The summed E-state index contributed by atoms with van der Waals surface area (Å²) in [5.41, 5.74) is -1.44. The van der Waals surface area contributed by atoms with Crippen molar-refractivity contribution in [3.63, 3.8) is 0 Å². The van der Waals surface area contributed by atoms with Crippen LogP contribution in [0.4, 0.5) is 36.4 Å². The fourth-order valence-electron chi connectivity index (χ4n) is 3.77. The summed E-state index contributed by atoms with van der Waals surface area (Å²) in [5, 5.41) is 15.8. The van der Waals surface area contributed by atoms with Crippen LogP contribution >= 0.6 is 34.2 Å². The van der Waals surface area contributed by atoms with E-state index in [4.69, 9.17) is 11.6 Å². The maximum atomic E-state index is 14.1. The third-order valence-corrected chi connectivity index (χ3v) is 6.77. The number of alkyl halides is 7. The number of rotatable bonds is 8. The van der Waals surface area contributed by atoms with Gasteiger partial charge in [-0.05, 0) is 65.4 Å². The summed E-state index contributed by atoms with van der Waals surface area (Å²) >= 11 is 8.24. The number of hydrogen-bond donors (Lipinski definition) is 2. The molecule has 4 rings (SSSR count). The van der Waals surface area contributed by atoms with Gasteiger partial charge in [0, 0.05) is 16.8 Å². The Balaban J connectivity index is 1.73. The molecule has 0 fully saturated rings. The molecule has 0 bridgehead atoms. The Labute approximate surface area is 255 Å². The van der Waals surface area contributed by atoms with Crippen molar-refractivity contribution < 1.29 is 40.3 Å². The molecule has 4 aromatic rings. The van der Waals surface area contributed by atoms with Gasteiger partial charge in [-0.3, -0.25) is 9.59 Å². The molecule has 3 heterocycles. The van der Waals surface area contributed by atoms with Gasteiger partial charge in [-0.15, -0.1) is 0 Å². The summed E-state index contributed by atoms with van der Waals surface area (Å²) in [6.07, 6.45) is -5.16. The van der Waals surface area contributed by atoms with Crippen LogP contribution in [0.1, 0.15) is 37.8 Å². The first-order valence-electron chi connectivity index (χ1n) is 11.7. The Morgan fingerprint density at radius 2 is 1.74 bits per heavy atom. The Kier molecular flexibility index (Phi) is 8.74. The number of carbonyl (C=O) groups is 2. The monoisotopic (exact) mass is 744 g/mol. The predicted molar refractivity (Wildman–Crippen MR) is 146 cm³/mol. The summed E-state index contributed by atoms with van der Waals surface area (Å²) in [7, 11) is 1.41. The molecule has 0 spiro atoms. The third kappa shape index (κ3) is 6.15. The lowest BCUT2D eigenvalue weighted by Crippen LogP contribution is -2.50. The first-order chi connectivity index (χ1) is 20.0. The van der Waals surface area contributed by atoms with Gasteiger partial charge < -0.3 is 10.6 Å². The van der Waals surface area contributed by atoms with Crippen molar-refractivity contribution in [1.82, 2.24) is 35.1 Å². The summed E-state index contributed by atoms with van der Waals surface area (Å²) in [6.45, 7) is 1.01. The summed E-state index contributed by atoms with van der Waals surface area (Å²) in [4.78, 5) is 30.5. The molecule has 0 atom stereocenters. The van der Waals surface area contributed by atoms with Gasteiger partial charge >= 0.3 is 18.0 Å². The van der Waals surface area contributed by atoms with Crippen LogP contribution < -0.4 is 10.6 Å². The van der Waals surface area contributed by atoms with Gasteiger partial charge in [0.15, 0.2) is 11.5 Å². The lowest BCUT2D eigenvalue weighted by atomic mass is 10.1. The van der Waals surface area contributed by atoms with Gasteiger partial charge in [0.2, 0.25) is 0 Å². The SMILES string of the molecule is CNC(=O)c1cc(I)cc(C)c1NC(=O)c1cc(Cn2ncc(C(F)(F)C(F)(F)C(F)(F)F)n2)nn1-c1ncccc1Cl. The molecular formula is C24H17ClF7IN8O2. The number of anilines is 1. The molecule has 3 aromatic heterocycles. The highest BCUT2D eigenvalue weighted by Gasteiger charge is 2.74. The van der Waals surface area contributed by atoms with Gasteiger partial charge in [-0.1, -0.05) is 11.6 Å². The second kappa shape index (κ2) is 11.7. The van der Waals surface area contributed by atoms with Crippen LogP contribution in [0, 0.1) is 10.5 Å². The van der Waals surface area contributed by atoms with E-state index in [2.05, 4.69) is 30.9 Å². The van der Waals surface area contributed by atoms with Crippen LogP contribution in [0.2, 0.25) is 5.02 Å². The maximum absolute atomic E-state index is 14.1. The van der Waals surface area contributed by atoms with E-state index in [1.54, 1.807) is 19.1 Å². The molecule has 0 aliphatic carbocycles. The standard InChI is InChI=1S/C24H17ClF7IN8O2/c1-11-6-12(33)7-14(20(42)34-2)18(11)37-21(43)16-8-13(38-41(16)19-15(25)4-3-5-35-19)10-40-36-9-17(39-40)22(26,27)23(28,29)24(30,31)32/h3-9H,10H2,1-2H3,(H,34,42)(H,37,43). The number of aromatic nitrogens is 6. The second-order valence-electron chi connectivity index (χ2n) is 8.83. The zero-order chi connectivity index (χ0) is 31.9. The van der Waals surface area contributed by atoms with Gasteiger partial charge in [0.1, 0.15) is 12.2 Å². The Morgan fingerprint density at radius 1 is 1.05 bits per heavy atom. The smallest absolute Gasteiger partial charge is 0.355 e. The number of hydrogen-bond acceptors (Lipinski definition) is 6. The van der Waals surface area contributed by atoms with Gasteiger partial charge in [0.25, 0.3) is 11.8 Å². The molecule has 2 amide bonds. The molecule has 0 radical (unpaired) electrons. The number of aryl methyl sites for hydroxylation is 1. The lowest BCUT2D eigenvalue weighted by molar-refractivity contribution is -0.360. The van der Waals surface area contributed by atoms with Crippen LogP contribution in [-0.4, -0.2) is 60.7 Å². The van der Waals surface area contributed by atoms with E-state index in [1.807, 2.05) is 22.6 Å². The second-order valence-corrected chi connectivity index (χ2v) is 10.5. The molecule has 0 saturated heterocycles. The van der Waals surface area contributed by atoms with Gasteiger partial charge in [-0.2, -0.15) is 50.8 Å². The van der Waals surface area contributed by atoms with Gasteiger partial charge in [0.05, 0.1) is 28.2 Å². The highest BCUT2D eigenvalue weighted by atomic mass is 127. The highest BCUT2D eigenvalue weighted by Crippen LogP contribution is 2.51. The first-order valence-corrected chi connectivity index (χ1v) is 13.2. The minimum Gasteiger partial charge on any atom is -0.355 e. The van der Waals surface area contributed by atoms with Crippen LogP contribution in [0.3, 0.4) is 0 Å². The van der Waals surface area contributed by atoms with Crippen molar-refractivity contribution in [1.29, 1.82) is 0 Å². The molecule has 19 heteroatoms. The Bertz CT molecular complexity index is 1710. The molecule has 0 unspecified atom stereocenters. The van der Waals surface area contributed by atoms with Crippen molar-refractivity contribution in [2.45, 2.75) is 31.5 Å². The van der Waals surface area contributed by atoms with E-state index >= 15 is 0 Å². The predicted octanol–water partition coefficient (Wildman–Crippen LogP) is 5.37. The van der Waals surface area contributed by atoms with Crippen molar-refractivity contribution in [2.24, 2.45) is 0 Å². The number of amides is 2. The molecule has 2 N–H and O–H groups in total. The molecule has 0 aliphatic rings. The molecule has 0 aliphatic heterocycles. The minimum atomic E-state index is -6.56. The van der Waals surface area contributed by atoms with E-state index in [9.17, 15) is 40.3 Å². The number of halogens is 9. The van der Waals surface area contributed by atoms with Crippen LogP contribution in [0.5, 0.6) is 0 Å². The van der Waals surface area contributed by atoms with Crippen molar-refractivity contribution in [2.75, 3.05) is 12.4 Å². The quantitative estimate of drug-likeness (QED) is 0.185. The molecule has 228 valence electrons. The van der Waals surface area contributed by atoms with Crippen LogP contribution in [-0.2, 0) is 12.5 Å². The van der Waals surface area contributed by atoms with Crippen molar-refractivity contribution in [3.05, 3.63) is 79.5 Å². The highest BCUT2D eigenvalue weighted by molar-refractivity contribution is 14.1. The summed E-state index contributed by atoms with van der Waals surface area (Å²) in [6, 6.07) is 7.32. The largest absolute Gasteiger partial charge is 0.460 e. The minimum absolute atomic E-state index is 0.0382. The lowest BCUT2D eigenvalue weighted by Gasteiger charge is -2.26. The fourth-order valence-corrected chi connectivity index (χ4v) is 4.75. The molecule has 0 saturated carbocycles. The molecule has 10 nitrogen and oxygen atoms in total.